The third-order valence-electron chi connectivity index (χ3n) is 6.62. The van der Waals surface area contributed by atoms with Gasteiger partial charge in [0.2, 0.25) is 11.1 Å². The van der Waals surface area contributed by atoms with Gasteiger partial charge in [-0.25, -0.2) is 0 Å². The number of hydrogen-bond acceptors (Lipinski definition) is 2. The minimum absolute atomic E-state index is 0.0150. The first kappa shape index (κ1) is 14.0. The number of halogens is 1. The van der Waals surface area contributed by atoms with Crippen molar-refractivity contribution in [1.82, 2.24) is 4.90 Å². The maximum Gasteiger partial charge on any atom is 0.227 e. The van der Waals surface area contributed by atoms with E-state index in [1.165, 1.54) is 19.3 Å². The maximum absolute atomic E-state index is 12.5. The summed E-state index contributed by atoms with van der Waals surface area (Å²) in [6.07, 6.45) is 7.67. The number of amides is 1. The van der Waals surface area contributed by atoms with Crippen molar-refractivity contribution in [3.05, 3.63) is 0 Å². The van der Waals surface area contributed by atoms with Gasteiger partial charge in [-0.15, -0.1) is 0 Å². The van der Waals surface area contributed by atoms with Crippen LogP contribution in [0.15, 0.2) is 0 Å². The van der Waals surface area contributed by atoms with Crippen LogP contribution in [0.4, 0.5) is 0 Å². The van der Waals surface area contributed by atoms with Crippen LogP contribution < -0.4 is 0 Å². The number of likely N-dealkylation sites (tertiary alicyclic amines) is 1. The van der Waals surface area contributed by atoms with Crippen molar-refractivity contribution in [2.45, 2.75) is 64.3 Å². The number of rotatable bonds is 2. The molecule has 3 atom stereocenters. The Morgan fingerprint density at radius 2 is 1.76 bits per heavy atom. The Bertz CT molecular complexity index is 513. The molecule has 0 N–H and O–H groups in total. The van der Waals surface area contributed by atoms with E-state index in [0.29, 0.717) is 23.8 Å². The summed E-state index contributed by atoms with van der Waals surface area (Å²) in [5.41, 5.74) is 0.788. The highest BCUT2D eigenvalue weighted by atomic mass is 35.5. The minimum Gasteiger partial charge on any atom is -0.336 e. The Balaban J connectivity index is 1.68. The molecule has 0 aromatic rings. The molecule has 1 aliphatic heterocycles. The molecule has 0 aromatic heterocycles. The van der Waals surface area contributed by atoms with Gasteiger partial charge in [0.15, 0.2) is 0 Å². The lowest BCUT2D eigenvalue weighted by Crippen LogP contribution is -2.65. The van der Waals surface area contributed by atoms with Gasteiger partial charge in [-0.1, -0.05) is 13.8 Å². The van der Waals surface area contributed by atoms with Crippen LogP contribution in [-0.4, -0.2) is 28.1 Å². The average Bonchev–Trinajstić information content (AvgIpc) is 2.67. The highest BCUT2D eigenvalue weighted by molar-refractivity contribution is 6.64. The zero-order valence-electron chi connectivity index (χ0n) is 13.0. The van der Waals surface area contributed by atoms with Gasteiger partial charge in [-0.05, 0) is 66.9 Å². The Morgan fingerprint density at radius 1 is 1.14 bits per heavy atom. The van der Waals surface area contributed by atoms with Crippen molar-refractivity contribution in [2.24, 2.45) is 22.7 Å². The molecule has 0 unspecified atom stereocenters. The Kier molecular flexibility index (Phi) is 2.70. The van der Waals surface area contributed by atoms with Crippen LogP contribution in [-0.2, 0) is 9.59 Å². The zero-order valence-corrected chi connectivity index (χ0v) is 13.7. The molecule has 0 radical (unpaired) electrons. The normalized spacial score (nSPS) is 51.8. The molecule has 0 spiro atoms. The SMILES string of the molecule is C[C@@]12CC3CC(N4C[C@@H](C(=O)Cl)CC4=O)(C1)C[C@@](C)(C3)C2. The summed E-state index contributed by atoms with van der Waals surface area (Å²) in [6, 6.07) is 0. The molecule has 5 fully saturated rings. The Morgan fingerprint density at radius 3 is 2.24 bits per heavy atom. The lowest BCUT2D eigenvalue weighted by atomic mass is 9.42. The summed E-state index contributed by atoms with van der Waals surface area (Å²) in [4.78, 5) is 26.1. The monoisotopic (exact) mass is 309 g/mol. The lowest BCUT2D eigenvalue weighted by Gasteiger charge is -2.67. The van der Waals surface area contributed by atoms with Gasteiger partial charge in [0.25, 0.3) is 0 Å². The first-order valence-corrected chi connectivity index (χ1v) is 8.60. The summed E-state index contributed by atoms with van der Waals surface area (Å²) >= 11 is 5.66. The fourth-order valence-electron chi connectivity index (χ4n) is 7.01. The summed E-state index contributed by atoms with van der Waals surface area (Å²) in [6.45, 7) is 5.38. The second kappa shape index (κ2) is 4.04. The molecule has 1 amide bonds. The molecule has 0 aromatic carbocycles. The largest absolute Gasteiger partial charge is 0.336 e. The van der Waals surface area contributed by atoms with Crippen molar-refractivity contribution >= 4 is 22.8 Å². The molecule has 5 rings (SSSR count). The van der Waals surface area contributed by atoms with E-state index in [1.807, 2.05) is 0 Å². The number of hydrogen-bond donors (Lipinski definition) is 0. The second-order valence-corrected chi connectivity index (χ2v) is 9.44. The molecular weight excluding hydrogens is 286 g/mol. The van der Waals surface area contributed by atoms with Crippen molar-refractivity contribution < 1.29 is 9.59 Å². The van der Waals surface area contributed by atoms with Crippen LogP contribution in [0.25, 0.3) is 0 Å². The molecular formula is C17H24ClNO2. The van der Waals surface area contributed by atoms with Crippen LogP contribution in [0.2, 0.25) is 0 Å². The maximum atomic E-state index is 12.5. The Labute approximate surface area is 131 Å². The van der Waals surface area contributed by atoms with E-state index in [-0.39, 0.29) is 22.6 Å². The first-order chi connectivity index (χ1) is 9.73. The smallest absolute Gasteiger partial charge is 0.227 e. The highest BCUT2D eigenvalue weighted by Gasteiger charge is 2.63. The first-order valence-electron chi connectivity index (χ1n) is 8.23. The summed E-state index contributed by atoms with van der Waals surface area (Å²) in [7, 11) is 0. The molecule has 4 bridgehead atoms. The van der Waals surface area contributed by atoms with E-state index in [4.69, 9.17) is 11.6 Å². The minimum atomic E-state index is -0.340. The van der Waals surface area contributed by atoms with Gasteiger partial charge in [-0.3, -0.25) is 9.59 Å². The van der Waals surface area contributed by atoms with E-state index in [1.54, 1.807) is 0 Å². The quantitative estimate of drug-likeness (QED) is 0.734. The van der Waals surface area contributed by atoms with Crippen LogP contribution in [0.5, 0.6) is 0 Å². The number of carbonyl (C=O) groups is 2. The third kappa shape index (κ3) is 1.99. The van der Waals surface area contributed by atoms with Crippen molar-refractivity contribution in [2.75, 3.05) is 6.54 Å². The molecule has 3 nitrogen and oxygen atoms in total. The molecule has 4 heteroatoms. The molecule has 4 saturated carbocycles. The highest BCUT2D eigenvalue weighted by Crippen LogP contribution is 2.68. The van der Waals surface area contributed by atoms with E-state index in [0.717, 1.165) is 25.2 Å². The van der Waals surface area contributed by atoms with Crippen LogP contribution in [0.1, 0.15) is 58.8 Å². The summed E-state index contributed by atoms with van der Waals surface area (Å²) < 4.78 is 0. The fraction of sp³-hybridized carbons (Fsp3) is 0.882. The molecule has 4 aliphatic carbocycles. The van der Waals surface area contributed by atoms with Crippen LogP contribution >= 0.6 is 11.6 Å². The van der Waals surface area contributed by atoms with E-state index in [9.17, 15) is 9.59 Å². The number of carbonyl (C=O) groups excluding carboxylic acids is 2. The van der Waals surface area contributed by atoms with Gasteiger partial charge < -0.3 is 4.90 Å². The topological polar surface area (TPSA) is 37.4 Å². The van der Waals surface area contributed by atoms with Crippen LogP contribution in [0.3, 0.4) is 0 Å². The molecule has 1 heterocycles. The van der Waals surface area contributed by atoms with E-state index in [2.05, 4.69) is 18.7 Å². The molecule has 21 heavy (non-hydrogen) atoms. The molecule has 116 valence electrons. The third-order valence-corrected chi connectivity index (χ3v) is 6.92. The van der Waals surface area contributed by atoms with Gasteiger partial charge in [0.05, 0.1) is 5.92 Å². The van der Waals surface area contributed by atoms with Crippen LogP contribution in [0, 0.1) is 22.7 Å². The van der Waals surface area contributed by atoms with E-state index >= 15 is 0 Å². The summed E-state index contributed by atoms with van der Waals surface area (Å²) in [5.74, 6) is 0.630. The predicted octanol–water partition coefficient (Wildman–Crippen LogP) is 3.35. The second-order valence-electron chi connectivity index (χ2n) is 9.06. The molecule has 5 aliphatic rings. The summed E-state index contributed by atoms with van der Waals surface area (Å²) in [5, 5.41) is -0.340. The van der Waals surface area contributed by atoms with Gasteiger partial charge >= 0.3 is 0 Å². The van der Waals surface area contributed by atoms with Crippen molar-refractivity contribution in [3.63, 3.8) is 0 Å². The van der Waals surface area contributed by atoms with E-state index < -0.39 is 0 Å². The van der Waals surface area contributed by atoms with Gasteiger partial charge in [0, 0.05) is 18.5 Å². The van der Waals surface area contributed by atoms with Gasteiger partial charge in [-0.2, -0.15) is 0 Å². The van der Waals surface area contributed by atoms with Crippen molar-refractivity contribution in [3.8, 4) is 0 Å². The average molecular weight is 310 g/mol. The zero-order chi connectivity index (χ0) is 15.0. The lowest BCUT2D eigenvalue weighted by molar-refractivity contribution is -0.170. The van der Waals surface area contributed by atoms with Crippen molar-refractivity contribution in [1.29, 1.82) is 0 Å². The van der Waals surface area contributed by atoms with Gasteiger partial charge in [0.1, 0.15) is 0 Å². The standard InChI is InChI=1S/C17H24ClNO2/c1-15-4-11-5-16(2,8-15)10-17(6-11,9-15)19-7-12(14(18)21)3-13(19)20/h11-12H,3-10H2,1-2H3/t11?,12-,15-,16-,17?/m0/s1. The fourth-order valence-corrected chi connectivity index (χ4v) is 7.15. The predicted molar refractivity (Wildman–Crippen MR) is 80.8 cm³/mol. The molecule has 1 saturated heterocycles. The number of nitrogens with zero attached hydrogens (tertiary/aromatic N) is 1. The Hall–Kier alpha value is -0.570.